The number of piperidine rings is 1. The van der Waals surface area contributed by atoms with E-state index in [-0.39, 0.29) is 0 Å². The Hall–Kier alpha value is -1.39. The SMILES string of the molecule is c1ccc2[nH]c(CNC3CCN4CCCCC34)nc2c1. The average Bonchev–Trinajstić information content (AvgIpc) is 3.08. The Kier molecular flexibility index (Phi) is 3.20. The van der Waals surface area contributed by atoms with Gasteiger partial charge in [-0.1, -0.05) is 18.6 Å². The number of hydrogen-bond acceptors (Lipinski definition) is 3. The molecule has 4 nitrogen and oxygen atoms in total. The first kappa shape index (κ1) is 12.4. The van der Waals surface area contributed by atoms with Crippen molar-refractivity contribution in [3.05, 3.63) is 30.1 Å². The second-order valence-electron chi connectivity index (χ2n) is 6.08. The smallest absolute Gasteiger partial charge is 0.121 e. The van der Waals surface area contributed by atoms with Crippen molar-refractivity contribution in [1.82, 2.24) is 20.2 Å². The molecule has 2 saturated heterocycles. The van der Waals surface area contributed by atoms with E-state index in [0.717, 1.165) is 29.4 Å². The van der Waals surface area contributed by atoms with Crippen molar-refractivity contribution >= 4 is 11.0 Å². The molecule has 0 amide bonds. The number of nitrogens with one attached hydrogen (secondary N) is 2. The Morgan fingerprint density at radius 3 is 3.10 bits per heavy atom. The highest BCUT2D eigenvalue weighted by atomic mass is 15.2. The lowest BCUT2D eigenvalue weighted by atomic mass is 9.99. The molecule has 0 saturated carbocycles. The zero-order chi connectivity index (χ0) is 13.4. The Morgan fingerprint density at radius 2 is 2.15 bits per heavy atom. The summed E-state index contributed by atoms with van der Waals surface area (Å²) in [6.07, 6.45) is 5.42. The van der Waals surface area contributed by atoms with Crippen LogP contribution in [-0.4, -0.2) is 40.0 Å². The number of imidazole rings is 1. The largest absolute Gasteiger partial charge is 0.341 e. The molecule has 106 valence electrons. The van der Waals surface area contributed by atoms with E-state index in [0.29, 0.717) is 6.04 Å². The summed E-state index contributed by atoms with van der Waals surface area (Å²) in [6, 6.07) is 9.64. The number of para-hydroxylation sites is 2. The molecular formula is C16H22N4. The molecule has 3 heterocycles. The minimum Gasteiger partial charge on any atom is -0.341 e. The van der Waals surface area contributed by atoms with Gasteiger partial charge in [0, 0.05) is 18.6 Å². The Morgan fingerprint density at radius 1 is 1.20 bits per heavy atom. The summed E-state index contributed by atoms with van der Waals surface area (Å²) in [5.41, 5.74) is 2.20. The van der Waals surface area contributed by atoms with E-state index in [1.165, 1.54) is 38.8 Å². The summed E-state index contributed by atoms with van der Waals surface area (Å²) < 4.78 is 0. The number of benzene rings is 1. The first-order valence-electron chi connectivity index (χ1n) is 7.81. The van der Waals surface area contributed by atoms with E-state index in [9.17, 15) is 0 Å². The van der Waals surface area contributed by atoms with Gasteiger partial charge >= 0.3 is 0 Å². The van der Waals surface area contributed by atoms with Gasteiger partial charge in [-0.25, -0.2) is 4.98 Å². The molecule has 1 aromatic heterocycles. The normalized spacial score (nSPS) is 27.0. The topological polar surface area (TPSA) is 44.0 Å². The molecule has 1 aromatic carbocycles. The van der Waals surface area contributed by atoms with Crippen LogP contribution in [0.15, 0.2) is 24.3 Å². The number of aromatic amines is 1. The lowest BCUT2D eigenvalue weighted by Gasteiger charge is -2.32. The first-order valence-corrected chi connectivity index (χ1v) is 7.81. The van der Waals surface area contributed by atoms with Gasteiger partial charge in [-0.3, -0.25) is 4.90 Å². The van der Waals surface area contributed by atoms with Gasteiger partial charge in [-0.15, -0.1) is 0 Å². The fraction of sp³-hybridized carbons (Fsp3) is 0.562. The predicted molar refractivity (Wildman–Crippen MR) is 80.6 cm³/mol. The van der Waals surface area contributed by atoms with E-state index >= 15 is 0 Å². The van der Waals surface area contributed by atoms with E-state index in [4.69, 9.17) is 0 Å². The van der Waals surface area contributed by atoms with Gasteiger partial charge in [-0.2, -0.15) is 0 Å². The minimum absolute atomic E-state index is 0.642. The van der Waals surface area contributed by atoms with Crippen molar-refractivity contribution in [2.24, 2.45) is 0 Å². The highest BCUT2D eigenvalue weighted by molar-refractivity contribution is 5.74. The third-order valence-electron chi connectivity index (χ3n) is 4.83. The molecular weight excluding hydrogens is 248 g/mol. The van der Waals surface area contributed by atoms with Crippen molar-refractivity contribution in [2.45, 2.75) is 44.3 Å². The molecule has 4 heteroatoms. The highest BCUT2D eigenvalue weighted by Gasteiger charge is 2.34. The Balaban J connectivity index is 1.42. The molecule has 4 rings (SSSR count). The van der Waals surface area contributed by atoms with Crippen LogP contribution < -0.4 is 5.32 Å². The number of fused-ring (bicyclic) bond motifs is 2. The quantitative estimate of drug-likeness (QED) is 0.899. The molecule has 2 aliphatic heterocycles. The Labute approximate surface area is 119 Å². The maximum absolute atomic E-state index is 4.65. The lowest BCUT2D eigenvalue weighted by molar-refractivity contribution is 0.180. The fourth-order valence-corrected chi connectivity index (χ4v) is 3.80. The summed E-state index contributed by atoms with van der Waals surface area (Å²) in [5, 5.41) is 3.72. The molecule has 2 atom stereocenters. The molecule has 2 fully saturated rings. The molecule has 2 aliphatic rings. The van der Waals surface area contributed by atoms with Crippen LogP contribution in [0.5, 0.6) is 0 Å². The second-order valence-corrected chi connectivity index (χ2v) is 6.08. The average molecular weight is 270 g/mol. The van der Waals surface area contributed by atoms with Crippen LogP contribution in [0.2, 0.25) is 0 Å². The van der Waals surface area contributed by atoms with Crippen LogP contribution >= 0.6 is 0 Å². The fourth-order valence-electron chi connectivity index (χ4n) is 3.80. The molecule has 0 spiro atoms. The van der Waals surface area contributed by atoms with Crippen LogP contribution in [0, 0.1) is 0 Å². The summed E-state index contributed by atoms with van der Waals surface area (Å²) in [6.45, 7) is 3.42. The molecule has 0 radical (unpaired) electrons. The van der Waals surface area contributed by atoms with E-state index in [1.54, 1.807) is 0 Å². The molecule has 20 heavy (non-hydrogen) atoms. The van der Waals surface area contributed by atoms with Gasteiger partial charge in [0.2, 0.25) is 0 Å². The molecule has 2 N–H and O–H groups in total. The Bertz CT molecular complexity index is 558. The lowest BCUT2D eigenvalue weighted by Crippen LogP contribution is -2.44. The first-order chi connectivity index (χ1) is 9.90. The van der Waals surface area contributed by atoms with Gasteiger partial charge in [0.25, 0.3) is 0 Å². The summed E-state index contributed by atoms with van der Waals surface area (Å²) in [5.74, 6) is 1.06. The zero-order valence-corrected chi connectivity index (χ0v) is 11.8. The van der Waals surface area contributed by atoms with Gasteiger partial charge < -0.3 is 10.3 Å². The second kappa shape index (κ2) is 5.19. The monoisotopic (exact) mass is 270 g/mol. The molecule has 0 bridgehead atoms. The molecule has 2 unspecified atom stereocenters. The number of rotatable bonds is 3. The van der Waals surface area contributed by atoms with E-state index in [2.05, 4.69) is 38.4 Å². The van der Waals surface area contributed by atoms with E-state index < -0.39 is 0 Å². The predicted octanol–water partition coefficient (Wildman–Crippen LogP) is 2.28. The van der Waals surface area contributed by atoms with Crippen molar-refractivity contribution in [3.8, 4) is 0 Å². The van der Waals surface area contributed by atoms with Crippen molar-refractivity contribution < 1.29 is 0 Å². The van der Waals surface area contributed by atoms with Crippen molar-refractivity contribution in [1.29, 1.82) is 0 Å². The van der Waals surface area contributed by atoms with Crippen LogP contribution in [-0.2, 0) is 6.54 Å². The molecule has 2 aromatic rings. The van der Waals surface area contributed by atoms with Crippen LogP contribution in [0.4, 0.5) is 0 Å². The standard InChI is InChI=1S/C16H22N4/c1-2-6-13-12(5-1)18-16(19-13)11-17-14-8-10-20-9-4-3-7-15(14)20/h1-2,5-6,14-15,17H,3-4,7-11H2,(H,18,19). The number of nitrogens with zero attached hydrogens (tertiary/aromatic N) is 2. The highest BCUT2D eigenvalue weighted by Crippen LogP contribution is 2.27. The maximum Gasteiger partial charge on any atom is 0.121 e. The van der Waals surface area contributed by atoms with Gasteiger partial charge in [0.1, 0.15) is 5.82 Å². The van der Waals surface area contributed by atoms with Crippen LogP contribution in [0.1, 0.15) is 31.5 Å². The number of aromatic nitrogens is 2. The third kappa shape index (κ3) is 2.23. The number of H-pyrrole nitrogens is 1. The van der Waals surface area contributed by atoms with Crippen molar-refractivity contribution in [3.63, 3.8) is 0 Å². The van der Waals surface area contributed by atoms with Gasteiger partial charge in [0.05, 0.1) is 17.6 Å². The zero-order valence-electron chi connectivity index (χ0n) is 11.8. The molecule has 0 aliphatic carbocycles. The maximum atomic E-state index is 4.65. The summed E-state index contributed by atoms with van der Waals surface area (Å²) in [4.78, 5) is 10.7. The minimum atomic E-state index is 0.642. The van der Waals surface area contributed by atoms with Crippen LogP contribution in [0.3, 0.4) is 0 Å². The van der Waals surface area contributed by atoms with Gasteiger partial charge in [0.15, 0.2) is 0 Å². The third-order valence-corrected chi connectivity index (χ3v) is 4.83. The summed E-state index contributed by atoms with van der Waals surface area (Å²) >= 11 is 0. The number of hydrogen-bond donors (Lipinski definition) is 2. The summed E-state index contributed by atoms with van der Waals surface area (Å²) in [7, 11) is 0. The van der Waals surface area contributed by atoms with Gasteiger partial charge in [-0.05, 0) is 37.9 Å². The van der Waals surface area contributed by atoms with Crippen molar-refractivity contribution in [2.75, 3.05) is 13.1 Å². The van der Waals surface area contributed by atoms with Crippen LogP contribution in [0.25, 0.3) is 11.0 Å². The van der Waals surface area contributed by atoms with E-state index in [1.807, 2.05) is 6.07 Å².